The lowest BCUT2D eigenvalue weighted by Crippen LogP contribution is -2.47. The lowest BCUT2D eigenvalue weighted by molar-refractivity contribution is -0.144. The van der Waals surface area contributed by atoms with E-state index in [1.165, 1.54) is 19.1 Å². The lowest BCUT2D eigenvalue weighted by Gasteiger charge is -2.27. The second kappa shape index (κ2) is 6.38. The molecular formula is C11H12ClFN4O2. The maximum Gasteiger partial charge on any atom is 0.328 e. The van der Waals surface area contributed by atoms with Crippen molar-refractivity contribution in [3.8, 4) is 0 Å². The second-order valence-corrected chi connectivity index (χ2v) is 4.35. The number of halogens is 2. The summed E-state index contributed by atoms with van der Waals surface area (Å²) in [6, 6.07) is 3.70. The van der Waals surface area contributed by atoms with E-state index in [1.54, 1.807) is 0 Å². The maximum absolute atomic E-state index is 13.1. The SMILES string of the molecule is CC(NCCN=[N+]=[N-])(C(=O)O)c1ccc(F)c(Cl)c1. The summed E-state index contributed by atoms with van der Waals surface area (Å²) in [5.41, 5.74) is 7.01. The fraction of sp³-hybridized carbons (Fsp3) is 0.364. The molecule has 1 rings (SSSR count). The maximum atomic E-state index is 13.1. The highest BCUT2D eigenvalue weighted by Gasteiger charge is 2.34. The summed E-state index contributed by atoms with van der Waals surface area (Å²) in [5.74, 6) is -1.76. The first-order valence-corrected chi connectivity index (χ1v) is 5.74. The van der Waals surface area contributed by atoms with Crippen LogP contribution in [-0.4, -0.2) is 24.2 Å². The normalized spacial score (nSPS) is 13.4. The van der Waals surface area contributed by atoms with Crippen LogP contribution >= 0.6 is 11.6 Å². The zero-order chi connectivity index (χ0) is 14.5. The molecule has 0 radical (unpaired) electrons. The Morgan fingerprint density at radius 1 is 1.68 bits per heavy atom. The summed E-state index contributed by atoms with van der Waals surface area (Å²) in [4.78, 5) is 13.9. The number of rotatable bonds is 6. The van der Waals surface area contributed by atoms with Crippen LogP contribution in [0.25, 0.3) is 10.4 Å². The number of nitrogens with one attached hydrogen (secondary N) is 1. The molecule has 0 aliphatic carbocycles. The third-order valence-corrected chi connectivity index (χ3v) is 2.97. The Morgan fingerprint density at radius 3 is 2.89 bits per heavy atom. The number of hydrogen-bond acceptors (Lipinski definition) is 3. The summed E-state index contributed by atoms with van der Waals surface area (Å²) in [7, 11) is 0. The molecule has 19 heavy (non-hydrogen) atoms. The molecule has 0 heterocycles. The summed E-state index contributed by atoms with van der Waals surface area (Å²) in [6.45, 7) is 1.70. The van der Waals surface area contributed by atoms with Crippen molar-refractivity contribution in [3.63, 3.8) is 0 Å². The number of hydrogen-bond donors (Lipinski definition) is 2. The lowest BCUT2D eigenvalue weighted by atomic mass is 9.92. The van der Waals surface area contributed by atoms with Crippen LogP contribution in [0, 0.1) is 5.82 Å². The standard InChI is InChI=1S/C11H12ClFN4O2/c1-11(10(18)19,15-4-5-16-17-14)7-2-3-9(13)8(12)6-7/h2-3,6,15H,4-5H2,1H3,(H,18,19). The fourth-order valence-corrected chi connectivity index (χ4v) is 1.69. The van der Waals surface area contributed by atoms with Gasteiger partial charge in [-0.05, 0) is 30.2 Å². The molecule has 8 heteroatoms. The van der Waals surface area contributed by atoms with Gasteiger partial charge in [0.15, 0.2) is 0 Å². The zero-order valence-corrected chi connectivity index (χ0v) is 10.9. The zero-order valence-electron chi connectivity index (χ0n) is 10.1. The molecule has 1 aromatic rings. The average molecular weight is 287 g/mol. The van der Waals surface area contributed by atoms with Crippen molar-refractivity contribution in [2.75, 3.05) is 13.1 Å². The minimum absolute atomic E-state index is 0.105. The van der Waals surface area contributed by atoms with E-state index in [2.05, 4.69) is 15.3 Å². The van der Waals surface area contributed by atoms with Crippen molar-refractivity contribution in [1.82, 2.24) is 5.32 Å². The van der Waals surface area contributed by atoms with Crippen LogP contribution in [-0.2, 0) is 10.3 Å². The molecule has 0 aliphatic rings. The molecule has 1 atom stereocenters. The van der Waals surface area contributed by atoms with Crippen LogP contribution in [0.15, 0.2) is 23.3 Å². The molecule has 1 unspecified atom stereocenters. The predicted molar refractivity (Wildman–Crippen MR) is 68.4 cm³/mol. The van der Waals surface area contributed by atoms with Crippen LogP contribution in [0.3, 0.4) is 0 Å². The molecular weight excluding hydrogens is 275 g/mol. The van der Waals surface area contributed by atoms with Gasteiger partial charge < -0.3 is 5.11 Å². The van der Waals surface area contributed by atoms with Gasteiger partial charge in [0.05, 0.1) is 5.02 Å². The van der Waals surface area contributed by atoms with Gasteiger partial charge in [-0.1, -0.05) is 22.8 Å². The molecule has 0 amide bonds. The Labute approximate surface area is 113 Å². The fourth-order valence-electron chi connectivity index (χ4n) is 1.51. The molecule has 0 aliphatic heterocycles. The van der Waals surface area contributed by atoms with Gasteiger partial charge >= 0.3 is 5.97 Å². The van der Waals surface area contributed by atoms with E-state index in [0.29, 0.717) is 5.56 Å². The minimum atomic E-state index is -1.44. The molecule has 0 aromatic heterocycles. The Hall–Kier alpha value is -1.82. The molecule has 0 fully saturated rings. The monoisotopic (exact) mass is 286 g/mol. The Balaban J connectivity index is 3.00. The van der Waals surface area contributed by atoms with Crippen molar-refractivity contribution in [2.45, 2.75) is 12.5 Å². The molecule has 102 valence electrons. The van der Waals surface area contributed by atoms with Crippen LogP contribution in [0.2, 0.25) is 5.02 Å². The summed E-state index contributed by atoms with van der Waals surface area (Å²) < 4.78 is 13.1. The van der Waals surface area contributed by atoms with Crippen LogP contribution in [0.1, 0.15) is 12.5 Å². The van der Waals surface area contributed by atoms with Crippen molar-refractivity contribution < 1.29 is 14.3 Å². The van der Waals surface area contributed by atoms with E-state index in [9.17, 15) is 14.3 Å². The number of nitrogens with zero attached hydrogens (tertiary/aromatic N) is 3. The Kier molecular flexibility index (Phi) is 5.11. The largest absolute Gasteiger partial charge is 0.480 e. The number of carboxylic acids is 1. The average Bonchev–Trinajstić information content (AvgIpc) is 2.37. The van der Waals surface area contributed by atoms with Gasteiger partial charge in [-0.2, -0.15) is 0 Å². The van der Waals surface area contributed by atoms with Crippen LogP contribution < -0.4 is 5.32 Å². The molecule has 0 saturated carbocycles. The molecule has 0 saturated heterocycles. The molecule has 2 N–H and O–H groups in total. The van der Waals surface area contributed by atoms with E-state index in [4.69, 9.17) is 17.1 Å². The van der Waals surface area contributed by atoms with Gasteiger partial charge in [-0.25, -0.2) is 9.18 Å². The van der Waals surface area contributed by atoms with E-state index in [-0.39, 0.29) is 18.1 Å². The van der Waals surface area contributed by atoms with Gasteiger partial charge in [0.2, 0.25) is 0 Å². The summed E-state index contributed by atoms with van der Waals surface area (Å²) in [6.07, 6.45) is 0. The number of carboxylic acid groups (broad SMARTS) is 1. The van der Waals surface area contributed by atoms with Gasteiger partial charge in [0, 0.05) is 18.0 Å². The number of carbonyl (C=O) groups is 1. The topological polar surface area (TPSA) is 98.1 Å². The van der Waals surface area contributed by atoms with Crippen molar-refractivity contribution in [3.05, 3.63) is 45.0 Å². The molecule has 1 aromatic carbocycles. The molecule has 0 spiro atoms. The summed E-state index contributed by atoms with van der Waals surface area (Å²) >= 11 is 5.65. The third-order valence-electron chi connectivity index (χ3n) is 2.68. The van der Waals surface area contributed by atoms with Crippen LogP contribution in [0.4, 0.5) is 4.39 Å². The van der Waals surface area contributed by atoms with Crippen LogP contribution in [0.5, 0.6) is 0 Å². The van der Waals surface area contributed by atoms with Gasteiger partial charge in [-0.3, -0.25) is 5.32 Å². The number of azide groups is 1. The third kappa shape index (κ3) is 3.57. The molecule has 6 nitrogen and oxygen atoms in total. The van der Waals surface area contributed by atoms with E-state index in [0.717, 1.165) is 6.07 Å². The van der Waals surface area contributed by atoms with Gasteiger partial charge in [-0.15, -0.1) is 0 Å². The number of benzene rings is 1. The Bertz CT molecular complexity index is 533. The quantitative estimate of drug-likeness (QED) is 0.364. The van der Waals surface area contributed by atoms with Gasteiger partial charge in [0.25, 0.3) is 0 Å². The first-order chi connectivity index (χ1) is 8.91. The Morgan fingerprint density at radius 2 is 2.37 bits per heavy atom. The highest BCUT2D eigenvalue weighted by atomic mass is 35.5. The van der Waals surface area contributed by atoms with E-state index < -0.39 is 17.3 Å². The first-order valence-electron chi connectivity index (χ1n) is 5.36. The smallest absolute Gasteiger partial charge is 0.328 e. The predicted octanol–water partition coefficient (Wildman–Crippen LogP) is 2.68. The second-order valence-electron chi connectivity index (χ2n) is 3.94. The van der Waals surface area contributed by atoms with Gasteiger partial charge in [0.1, 0.15) is 11.4 Å². The number of aliphatic carboxylic acids is 1. The van der Waals surface area contributed by atoms with Crippen molar-refractivity contribution >= 4 is 17.6 Å². The molecule has 0 bridgehead atoms. The van der Waals surface area contributed by atoms with Crippen molar-refractivity contribution in [1.29, 1.82) is 0 Å². The minimum Gasteiger partial charge on any atom is -0.480 e. The first kappa shape index (κ1) is 15.2. The van der Waals surface area contributed by atoms with E-state index >= 15 is 0 Å². The summed E-state index contributed by atoms with van der Waals surface area (Å²) in [5, 5.41) is 15.2. The van der Waals surface area contributed by atoms with Crippen molar-refractivity contribution in [2.24, 2.45) is 5.11 Å². The van der Waals surface area contributed by atoms with E-state index in [1.807, 2.05) is 0 Å². The highest BCUT2D eigenvalue weighted by Crippen LogP contribution is 2.25. The highest BCUT2D eigenvalue weighted by molar-refractivity contribution is 6.30.